The van der Waals surface area contributed by atoms with E-state index in [0.717, 1.165) is 44.2 Å². The predicted octanol–water partition coefficient (Wildman–Crippen LogP) is 3.10. The fraction of sp³-hybridized carbons (Fsp3) is 0.500. The number of amides is 1. The lowest BCUT2D eigenvalue weighted by molar-refractivity contribution is -0.127. The number of benzene rings is 1. The van der Waals surface area contributed by atoms with Crippen molar-refractivity contribution in [3.63, 3.8) is 0 Å². The molecule has 6 nitrogen and oxygen atoms in total. The number of phenolic OH excluding ortho intramolecular Hbond substituents is 1. The summed E-state index contributed by atoms with van der Waals surface area (Å²) in [5.41, 5.74) is -1.11. The monoisotopic (exact) mass is 307 g/mol. The predicted molar refractivity (Wildman–Crippen MR) is 81.2 cm³/mol. The summed E-state index contributed by atoms with van der Waals surface area (Å²) >= 11 is 0. The molecular weight excluding hydrogens is 286 g/mol. The van der Waals surface area contributed by atoms with Gasteiger partial charge < -0.3 is 20.6 Å². The molecule has 0 heterocycles. The van der Waals surface area contributed by atoms with Gasteiger partial charge in [-0.3, -0.25) is 4.79 Å². The zero-order valence-corrected chi connectivity index (χ0v) is 12.6. The van der Waals surface area contributed by atoms with Gasteiger partial charge in [0, 0.05) is 5.41 Å². The molecular formula is C16H21NO5. The molecule has 1 aliphatic rings. The number of carbonyl (C=O) groups excluding carboxylic acids is 1. The number of nitrogens with one attached hydrogen (secondary N) is 1. The molecule has 0 spiro atoms. The highest BCUT2D eigenvalue weighted by Crippen LogP contribution is 2.42. The van der Waals surface area contributed by atoms with E-state index < -0.39 is 17.1 Å². The molecule has 2 rings (SSSR count). The van der Waals surface area contributed by atoms with Gasteiger partial charge in [-0.2, -0.15) is 0 Å². The van der Waals surface area contributed by atoms with E-state index in [1.165, 1.54) is 0 Å². The molecule has 0 bridgehead atoms. The van der Waals surface area contributed by atoms with Crippen molar-refractivity contribution in [3.05, 3.63) is 17.7 Å². The quantitative estimate of drug-likeness (QED) is 0.639. The molecule has 1 aromatic rings. The third-order valence-corrected chi connectivity index (χ3v) is 4.59. The van der Waals surface area contributed by atoms with Gasteiger partial charge in [-0.25, -0.2) is 4.79 Å². The number of carbonyl (C=O) groups is 2. The smallest absolute Gasteiger partial charge is 0.339 e. The Morgan fingerprint density at radius 3 is 2.36 bits per heavy atom. The van der Waals surface area contributed by atoms with Gasteiger partial charge >= 0.3 is 5.97 Å². The fourth-order valence-corrected chi connectivity index (χ4v) is 3.09. The van der Waals surface area contributed by atoms with E-state index in [-0.39, 0.29) is 22.9 Å². The van der Waals surface area contributed by atoms with Crippen LogP contribution in [0.3, 0.4) is 0 Å². The van der Waals surface area contributed by atoms with Crippen molar-refractivity contribution in [1.29, 1.82) is 0 Å². The molecule has 22 heavy (non-hydrogen) atoms. The minimum atomic E-state index is -1.32. The Labute approximate surface area is 128 Å². The lowest BCUT2D eigenvalue weighted by atomic mass is 9.71. The van der Waals surface area contributed by atoms with E-state index in [9.17, 15) is 19.8 Å². The highest BCUT2D eigenvalue weighted by atomic mass is 16.4. The summed E-state index contributed by atoms with van der Waals surface area (Å²) in [5, 5.41) is 31.4. The number of aromatic carboxylic acids is 1. The molecule has 0 unspecified atom stereocenters. The summed E-state index contributed by atoms with van der Waals surface area (Å²) in [4.78, 5) is 23.7. The minimum absolute atomic E-state index is 0.233. The molecule has 1 amide bonds. The van der Waals surface area contributed by atoms with Crippen LogP contribution in [0.4, 0.5) is 5.69 Å². The molecule has 0 saturated heterocycles. The number of aromatic hydroxyl groups is 2. The van der Waals surface area contributed by atoms with Crippen molar-refractivity contribution in [2.24, 2.45) is 5.41 Å². The third-order valence-electron chi connectivity index (χ3n) is 4.59. The normalized spacial score (nSPS) is 17.0. The lowest BCUT2D eigenvalue weighted by Gasteiger charge is -2.35. The molecule has 4 N–H and O–H groups in total. The van der Waals surface area contributed by atoms with Crippen molar-refractivity contribution in [1.82, 2.24) is 0 Å². The topological polar surface area (TPSA) is 107 Å². The molecule has 0 radical (unpaired) electrons. The first kappa shape index (κ1) is 16.1. The SMILES string of the molecule is CCC1(C(=O)Nc2c(O)ccc(C(=O)O)c2O)CCCCC1. The maximum Gasteiger partial charge on any atom is 0.339 e. The van der Waals surface area contributed by atoms with Gasteiger partial charge in [0.2, 0.25) is 5.91 Å². The van der Waals surface area contributed by atoms with Gasteiger partial charge in [0.05, 0.1) is 0 Å². The van der Waals surface area contributed by atoms with Gasteiger partial charge in [-0.05, 0) is 31.4 Å². The van der Waals surface area contributed by atoms with Crippen molar-refractivity contribution >= 4 is 17.6 Å². The van der Waals surface area contributed by atoms with Crippen LogP contribution >= 0.6 is 0 Å². The van der Waals surface area contributed by atoms with Crippen LogP contribution in [0.2, 0.25) is 0 Å². The average molecular weight is 307 g/mol. The minimum Gasteiger partial charge on any atom is -0.506 e. The van der Waals surface area contributed by atoms with E-state index in [2.05, 4.69) is 5.32 Å². The second kappa shape index (κ2) is 6.25. The van der Waals surface area contributed by atoms with Crippen LogP contribution in [0.1, 0.15) is 55.8 Å². The molecule has 120 valence electrons. The maximum absolute atomic E-state index is 12.6. The molecule has 1 aliphatic carbocycles. The molecule has 0 aromatic heterocycles. The van der Waals surface area contributed by atoms with Crippen LogP contribution < -0.4 is 5.32 Å². The number of anilines is 1. The van der Waals surface area contributed by atoms with Gasteiger partial charge in [0.15, 0.2) is 5.75 Å². The number of hydrogen-bond acceptors (Lipinski definition) is 4. The van der Waals surface area contributed by atoms with Gasteiger partial charge in [-0.1, -0.05) is 26.2 Å². The summed E-state index contributed by atoms with van der Waals surface area (Å²) in [6, 6.07) is 2.25. The maximum atomic E-state index is 12.6. The first-order valence-electron chi connectivity index (χ1n) is 7.51. The Bertz CT molecular complexity index is 590. The Hall–Kier alpha value is -2.24. The highest BCUT2D eigenvalue weighted by Gasteiger charge is 2.38. The Morgan fingerprint density at radius 2 is 1.82 bits per heavy atom. The number of carboxylic acid groups (broad SMARTS) is 1. The number of phenols is 2. The van der Waals surface area contributed by atoms with E-state index in [1.54, 1.807) is 0 Å². The Kier molecular flexibility index (Phi) is 4.59. The molecule has 1 fully saturated rings. The molecule has 0 atom stereocenters. The summed E-state index contributed by atoms with van der Waals surface area (Å²) in [6.45, 7) is 1.94. The van der Waals surface area contributed by atoms with Crippen LogP contribution in [0.15, 0.2) is 12.1 Å². The summed E-state index contributed by atoms with van der Waals surface area (Å²) in [6.07, 6.45) is 5.22. The summed E-state index contributed by atoms with van der Waals surface area (Å²) < 4.78 is 0. The first-order valence-corrected chi connectivity index (χ1v) is 7.51. The van der Waals surface area contributed by atoms with E-state index in [1.807, 2.05) is 6.92 Å². The van der Waals surface area contributed by atoms with Crippen molar-refractivity contribution < 1.29 is 24.9 Å². The highest BCUT2D eigenvalue weighted by molar-refractivity contribution is 6.01. The summed E-state index contributed by atoms with van der Waals surface area (Å²) in [5.74, 6) is -2.57. The van der Waals surface area contributed by atoms with E-state index >= 15 is 0 Å². The van der Waals surface area contributed by atoms with Crippen molar-refractivity contribution in [3.8, 4) is 11.5 Å². The van der Waals surface area contributed by atoms with Gasteiger partial charge in [0.1, 0.15) is 17.0 Å². The van der Waals surface area contributed by atoms with E-state index in [4.69, 9.17) is 5.11 Å². The van der Waals surface area contributed by atoms with E-state index in [0.29, 0.717) is 6.42 Å². The largest absolute Gasteiger partial charge is 0.506 e. The average Bonchev–Trinajstić information content (AvgIpc) is 2.51. The van der Waals surface area contributed by atoms with Gasteiger partial charge in [0.25, 0.3) is 0 Å². The third kappa shape index (κ3) is 2.86. The first-order chi connectivity index (χ1) is 10.4. The molecule has 0 aliphatic heterocycles. The lowest BCUT2D eigenvalue weighted by Crippen LogP contribution is -2.37. The van der Waals surface area contributed by atoms with Crippen molar-refractivity contribution in [2.75, 3.05) is 5.32 Å². The fourth-order valence-electron chi connectivity index (χ4n) is 3.09. The Morgan fingerprint density at radius 1 is 1.18 bits per heavy atom. The van der Waals surface area contributed by atoms with Gasteiger partial charge in [-0.15, -0.1) is 0 Å². The molecule has 1 aromatic carbocycles. The number of hydrogen-bond donors (Lipinski definition) is 4. The van der Waals surface area contributed by atoms with Crippen LogP contribution in [0.25, 0.3) is 0 Å². The van der Waals surface area contributed by atoms with Crippen LogP contribution in [-0.4, -0.2) is 27.2 Å². The number of rotatable bonds is 4. The van der Waals surface area contributed by atoms with Crippen LogP contribution in [0, 0.1) is 5.41 Å². The second-order valence-electron chi connectivity index (χ2n) is 5.81. The van der Waals surface area contributed by atoms with Crippen molar-refractivity contribution in [2.45, 2.75) is 45.4 Å². The second-order valence-corrected chi connectivity index (χ2v) is 5.81. The summed E-state index contributed by atoms with van der Waals surface area (Å²) in [7, 11) is 0. The Balaban J connectivity index is 2.31. The van der Waals surface area contributed by atoms with Crippen LogP contribution in [0.5, 0.6) is 11.5 Å². The molecule has 6 heteroatoms. The van der Waals surface area contributed by atoms with Crippen LogP contribution in [-0.2, 0) is 4.79 Å². The zero-order valence-electron chi connectivity index (χ0n) is 12.6. The standard InChI is InChI=1S/C16H21NO5/c1-2-16(8-4-3-5-9-16)15(22)17-12-11(18)7-6-10(13(12)19)14(20)21/h6-7,18-19H,2-5,8-9H2,1H3,(H,17,22)(H,20,21). The number of carboxylic acids is 1. The zero-order chi connectivity index (χ0) is 16.3. The molecule has 1 saturated carbocycles.